The van der Waals surface area contributed by atoms with E-state index >= 15 is 0 Å². The van der Waals surface area contributed by atoms with Gasteiger partial charge in [0.1, 0.15) is 0 Å². The minimum Gasteiger partial charge on any atom is -0.494 e. The zero-order valence-electron chi connectivity index (χ0n) is 16.1. The highest BCUT2D eigenvalue weighted by Crippen LogP contribution is 2.48. The van der Waals surface area contributed by atoms with Crippen molar-refractivity contribution in [1.29, 1.82) is 0 Å². The van der Waals surface area contributed by atoms with E-state index in [1.807, 2.05) is 40.3 Å². The van der Waals surface area contributed by atoms with Gasteiger partial charge in [0.2, 0.25) is 0 Å². The fourth-order valence-electron chi connectivity index (χ4n) is 4.03. The molecule has 7 heteroatoms. The number of carbonyl (C=O) groups excluding carboxylic acids is 1. The molecule has 2 aliphatic rings. The first-order chi connectivity index (χ1) is 14.1. The van der Waals surface area contributed by atoms with E-state index in [0.717, 1.165) is 35.2 Å². The van der Waals surface area contributed by atoms with E-state index in [1.54, 1.807) is 18.3 Å². The lowest BCUT2D eigenvalue weighted by atomic mass is 10.1. The normalized spacial score (nSPS) is 17.2. The molecule has 1 spiro atoms. The van der Waals surface area contributed by atoms with Crippen molar-refractivity contribution in [2.75, 3.05) is 18.6 Å². The molecule has 2 amide bonds. The van der Waals surface area contributed by atoms with Crippen LogP contribution in [0.2, 0.25) is 0 Å². The summed E-state index contributed by atoms with van der Waals surface area (Å²) in [6, 6.07) is 12.7. The molecule has 148 valence electrons. The number of benzene rings is 2. The Morgan fingerprint density at radius 2 is 1.97 bits per heavy atom. The van der Waals surface area contributed by atoms with Gasteiger partial charge in [-0.2, -0.15) is 5.10 Å². The highest BCUT2D eigenvalue weighted by Gasteiger charge is 2.57. The van der Waals surface area contributed by atoms with E-state index in [4.69, 9.17) is 4.74 Å². The summed E-state index contributed by atoms with van der Waals surface area (Å²) in [5.41, 5.74) is 3.68. The Balaban J connectivity index is 1.38. The largest absolute Gasteiger partial charge is 0.494 e. The lowest BCUT2D eigenvalue weighted by molar-refractivity contribution is 0.197. The molecular weight excluding hydrogens is 371 g/mol. The standard InChI is InChI=1S/C22H21FN4O2/c1-29-20-10-15(2-7-19(20)23)13-27-21(28)26(14-22(27)8-9-22)18-5-3-16(4-6-18)17-11-24-25-12-17/h2-7,10-12H,8-9,13-14H2,1H3,(H,24,25). The third kappa shape index (κ3) is 3.03. The van der Waals surface area contributed by atoms with Crippen molar-refractivity contribution in [3.63, 3.8) is 0 Å². The fraction of sp³-hybridized carbons (Fsp3) is 0.273. The number of urea groups is 1. The average Bonchev–Trinajstić information content (AvgIpc) is 3.20. The number of hydrogen-bond acceptors (Lipinski definition) is 3. The van der Waals surface area contributed by atoms with Crippen molar-refractivity contribution in [2.24, 2.45) is 0 Å². The lowest BCUT2D eigenvalue weighted by Crippen LogP contribution is -2.35. The second-order valence-corrected chi connectivity index (χ2v) is 7.68. The van der Waals surface area contributed by atoms with Crippen molar-refractivity contribution in [3.8, 4) is 16.9 Å². The van der Waals surface area contributed by atoms with Gasteiger partial charge in [-0.25, -0.2) is 9.18 Å². The molecule has 2 heterocycles. The number of amides is 2. The topological polar surface area (TPSA) is 61.5 Å². The fourth-order valence-corrected chi connectivity index (χ4v) is 4.03. The Morgan fingerprint density at radius 3 is 2.62 bits per heavy atom. The van der Waals surface area contributed by atoms with E-state index in [1.165, 1.54) is 13.2 Å². The zero-order valence-corrected chi connectivity index (χ0v) is 16.1. The number of nitrogens with zero attached hydrogens (tertiary/aromatic N) is 3. The van der Waals surface area contributed by atoms with Crippen LogP contribution in [-0.4, -0.2) is 40.3 Å². The molecule has 1 aliphatic heterocycles. The molecular formula is C22H21FN4O2. The van der Waals surface area contributed by atoms with Gasteiger partial charge in [-0.1, -0.05) is 18.2 Å². The number of H-pyrrole nitrogens is 1. The summed E-state index contributed by atoms with van der Waals surface area (Å²) in [5.74, 6) is -0.199. The van der Waals surface area contributed by atoms with Gasteiger partial charge in [0.25, 0.3) is 0 Å². The number of hydrogen-bond donors (Lipinski definition) is 1. The summed E-state index contributed by atoms with van der Waals surface area (Å²) in [7, 11) is 1.44. The summed E-state index contributed by atoms with van der Waals surface area (Å²) >= 11 is 0. The van der Waals surface area contributed by atoms with Gasteiger partial charge in [-0.3, -0.25) is 10.00 Å². The van der Waals surface area contributed by atoms with Crippen molar-refractivity contribution < 1.29 is 13.9 Å². The van der Waals surface area contributed by atoms with Crippen LogP contribution in [0.15, 0.2) is 54.9 Å². The molecule has 6 nitrogen and oxygen atoms in total. The third-order valence-electron chi connectivity index (χ3n) is 5.88. The molecule has 1 aliphatic carbocycles. The molecule has 1 saturated heterocycles. The van der Waals surface area contributed by atoms with E-state index in [-0.39, 0.29) is 17.3 Å². The number of aromatic nitrogens is 2. The Labute approximate surface area is 167 Å². The minimum atomic E-state index is -0.399. The van der Waals surface area contributed by atoms with Crippen LogP contribution in [-0.2, 0) is 6.54 Å². The van der Waals surface area contributed by atoms with Crippen LogP contribution in [0.1, 0.15) is 18.4 Å². The van der Waals surface area contributed by atoms with Crippen LogP contribution in [0.4, 0.5) is 14.9 Å². The summed E-state index contributed by atoms with van der Waals surface area (Å²) in [5, 5.41) is 6.79. The molecule has 1 N–H and O–H groups in total. The van der Waals surface area contributed by atoms with Gasteiger partial charge < -0.3 is 9.64 Å². The summed E-state index contributed by atoms with van der Waals surface area (Å²) in [6.45, 7) is 1.12. The quantitative estimate of drug-likeness (QED) is 0.708. The molecule has 0 unspecified atom stereocenters. The zero-order chi connectivity index (χ0) is 20.0. The van der Waals surface area contributed by atoms with Gasteiger partial charge in [-0.05, 0) is 48.2 Å². The Kier molecular flexibility index (Phi) is 4.04. The number of rotatable bonds is 5. The van der Waals surface area contributed by atoms with E-state index in [2.05, 4.69) is 10.2 Å². The molecule has 29 heavy (non-hydrogen) atoms. The van der Waals surface area contributed by atoms with Gasteiger partial charge >= 0.3 is 6.03 Å². The lowest BCUT2D eigenvalue weighted by Gasteiger charge is -2.23. The number of anilines is 1. The summed E-state index contributed by atoms with van der Waals surface area (Å²) < 4.78 is 18.8. The van der Waals surface area contributed by atoms with Crippen LogP contribution < -0.4 is 9.64 Å². The Morgan fingerprint density at radius 1 is 1.17 bits per heavy atom. The molecule has 3 aromatic rings. The van der Waals surface area contributed by atoms with E-state index in [0.29, 0.717) is 13.1 Å². The number of ether oxygens (including phenoxy) is 1. The Bertz CT molecular complexity index is 1050. The first-order valence-corrected chi connectivity index (χ1v) is 9.60. The van der Waals surface area contributed by atoms with Crippen molar-refractivity contribution in [2.45, 2.75) is 24.9 Å². The summed E-state index contributed by atoms with van der Waals surface area (Å²) in [6.07, 6.45) is 5.59. The molecule has 0 bridgehead atoms. The molecule has 0 atom stereocenters. The van der Waals surface area contributed by atoms with E-state index < -0.39 is 5.82 Å². The maximum atomic E-state index is 13.7. The van der Waals surface area contributed by atoms with Crippen molar-refractivity contribution in [3.05, 3.63) is 66.2 Å². The van der Waals surface area contributed by atoms with Crippen LogP contribution in [0.5, 0.6) is 5.75 Å². The van der Waals surface area contributed by atoms with Crippen LogP contribution in [0, 0.1) is 5.82 Å². The van der Waals surface area contributed by atoms with E-state index in [9.17, 15) is 9.18 Å². The minimum absolute atomic E-state index is 0.0122. The SMILES string of the molecule is COc1cc(CN2C(=O)N(c3ccc(-c4cn[nH]c4)cc3)CC23CC3)ccc1F. The maximum absolute atomic E-state index is 13.7. The van der Waals surface area contributed by atoms with Gasteiger partial charge in [0.15, 0.2) is 11.6 Å². The molecule has 1 saturated carbocycles. The molecule has 0 radical (unpaired) electrons. The van der Waals surface area contributed by atoms with Crippen molar-refractivity contribution >= 4 is 11.7 Å². The number of halogens is 1. The van der Waals surface area contributed by atoms with Crippen molar-refractivity contribution in [1.82, 2.24) is 15.1 Å². The van der Waals surface area contributed by atoms with Crippen LogP contribution in [0.3, 0.4) is 0 Å². The molecule has 1 aromatic heterocycles. The highest BCUT2D eigenvalue weighted by molar-refractivity contribution is 5.96. The number of carbonyl (C=O) groups is 1. The average molecular weight is 392 g/mol. The van der Waals surface area contributed by atoms with Crippen LogP contribution >= 0.6 is 0 Å². The number of nitrogens with one attached hydrogen (secondary N) is 1. The second kappa shape index (κ2) is 6.62. The van der Waals surface area contributed by atoms with Gasteiger partial charge in [-0.15, -0.1) is 0 Å². The van der Waals surface area contributed by atoms with Gasteiger partial charge in [0, 0.05) is 24.0 Å². The molecule has 2 fully saturated rings. The first kappa shape index (κ1) is 17.7. The Hall–Kier alpha value is -3.35. The first-order valence-electron chi connectivity index (χ1n) is 9.60. The van der Waals surface area contributed by atoms with Gasteiger partial charge in [0.05, 0.1) is 25.4 Å². The molecule has 5 rings (SSSR count). The highest BCUT2D eigenvalue weighted by atomic mass is 19.1. The molecule has 2 aromatic carbocycles. The number of methoxy groups -OCH3 is 1. The maximum Gasteiger partial charge on any atom is 0.325 e. The summed E-state index contributed by atoms with van der Waals surface area (Å²) in [4.78, 5) is 17.0. The second-order valence-electron chi connectivity index (χ2n) is 7.68. The number of aromatic amines is 1. The monoisotopic (exact) mass is 392 g/mol. The predicted molar refractivity (Wildman–Crippen MR) is 107 cm³/mol. The smallest absolute Gasteiger partial charge is 0.325 e. The van der Waals surface area contributed by atoms with Crippen LogP contribution in [0.25, 0.3) is 11.1 Å². The predicted octanol–water partition coefficient (Wildman–Crippen LogP) is 4.20. The third-order valence-corrected chi connectivity index (χ3v) is 5.88.